The van der Waals surface area contributed by atoms with E-state index >= 15 is 0 Å². The second kappa shape index (κ2) is 4.74. The Balaban J connectivity index is 1.83. The van der Waals surface area contributed by atoms with Crippen LogP contribution in [0.5, 0.6) is 0 Å². The van der Waals surface area contributed by atoms with Crippen molar-refractivity contribution >= 4 is 12.0 Å². The summed E-state index contributed by atoms with van der Waals surface area (Å²) in [6.45, 7) is 0. The Bertz CT molecular complexity index is 795. The van der Waals surface area contributed by atoms with Gasteiger partial charge in [-0.15, -0.1) is 0 Å². The normalized spacial score (nSPS) is 19.2. The molecule has 0 aromatic carbocycles. The van der Waals surface area contributed by atoms with E-state index in [4.69, 9.17) is 0 Å². The van der Waals surface area contributed by atoms with Gasteiger partial charge in [0, 0.05) is 11.3 Å². The summed E-state index contributed by atoms with van der Waals surface area (Å²) < 4.78 is 0. The van der Waals surface area contributed by atoms with E-state index in [9.17, 15) is 4.79 Å². The fourth-order valence-corrected chi connectivity index (χ4v) is 3.06. The molecule has 0 radical (unpaired) electrons. The van der Waals surface area contributed by atoms with Crippen LogP contribution in [0.2, 0.25) is 0 Å². The first-order valence-corrected chi connectivity index (χ1v) is 7.24. The number of amides is 1. The van der Waals surface area contributed by atoms with Gasteiger partial charge in [-0.2, -0.15) is 0 Å². The highest BCUT2D eigenvalue weighted by molar-refractivity contribution is 6.07. The molecule has 0 saturated heterocycles. The van der Waals surface area contributed by atoms with E-state index < -0.39 is 0 Å². The van der Waals surface area contributed by atoms with Crippen molar-refractivity contribution in [1.82, 2.24) is 5.32 Å². The summed E-state index contributed by atoms with van der Waals surface area (Å²) in [5, 5.41) is 2.96. The molecule has 0 saturated carbocycles. The molecule has 0 fully saturated rings. The first kappa shape index (κ1) is 12.2. The van der Waals surface area contributed by atoms with Gasteiger partial charge in [-0.25, -0.2) is 0 Å². The van der Waals surface area contributed by atoms with Crippen LogP contribution in [0.1, 0.15) is 18.4 Å². The number of rotatable bonds is 1. The van der Waals surface area contributed by atoms with E-state index in [0.29, 0.717) is 0 Å². The van der Waals surface area contributed by atoms with Crippen LogP contribution in [0.15, 0.2) is 71.5 Å². The summed E-state index contributed by atoms with van der Waals surface area (Å²) in [6.07, 6.45) is 8.09. The maximum Gasteiger partial charge on any atom is 0.256 e. The maximum atomic E-state index is 12.2. The number of fused-ring (bicyclic) bond motifs is 1. The van der Waals surface area contributed by atoms with Crippen LogP contribution in [-0.2, 0) is 4.79 Å². The molecule has 0 atom stereocenters. The van der Waals surface area contributed by atoms with Crippen molar-refractivity contribution in [2.45, 2.75) is 12.8 Å². The van der Waals surface area contributed by atoms with Crippen LogP contribution in [0.3, 0.4) is 0 Å². The number of hydrogen-bond donors (Lipinski definition) is 1. The van der Waals surface area contributed by atoms with E-state index in [-0.39, 0.29) is 5.91 Å². The van der Waals surface area contributed by atoms with Crippen LogP contribution in [0.4, 0.5) is 0 Å². The molecule has 21 heavy (non-hydrogen) atoms. The number of allylic oxidation sites excluding steroid dienone is 2. The molecule has 4 rings (SSSR count). The average Bonchev–Trinajstić information content (AvgIpc) is 2.91. The average molecular weight is 273 g/mol. The molecule has 0 bridgehead atoms. The number of carbonyl (C=O) groups excluding carboxylic acids is 1. The lowest BCUT2D eigenvalue weighted by atomic mass is 9.96. The highest BCUT2D eigenvalue weighted by Gasteiger charge is 2.27. The molecule has 1 aliphatic heterocycles. The quantitative estimate of drug-likeness (QED) is 0.784. The highest BCUT2D eigenvalue weighted by Crippen LogP contribution is 2.34. The van der Waals surface area contributed by atoms with E-state index in [1.165, 1.54) is 11.1 Å². The second-order valence-corrected chi connectivity index (χ2v) is 5.41. The molecule has 0 unspecified atom stereocenters. The zero-order valence-electron chi connectivity index (χ0n) is 11.6. The van der Waals surface area contributed by atoms with E-state index in [1.54, 1.807) is 0 Å². The van der Waals surface area contributed by atoms with Gasteiger partial charge in [0.05, 0.1) is 0 Å². The van der Waals surface area contributed by atoms with Gasteiger partial charge in [0.2, 0.25) is 0 Å². The molecular formula is C19H15NO. The first-order valence-electron chi connectivity index (χ1n) is 7.24. The Labute approximate surface area is 123 Å². The molecule has 4 aliphatic rings. The summed E-state index contributed by atoms with van der Waals surface area (Å²) in [6, 6.07) is 14.5. The van der Waals surface area contributed by atoms with Gasteiger partial charge in [-0.1, -0.05) is 48.5 Å². The molecule has 3 aliphatic carbocycles. The van der Waals surface area contributed by atoms with Crippen LogP contribution in [0, 0.1) is 0 Å². The minimum atomic E-state index is 0.0150. The monoisotopic (exact) mass is 273 g/mol. The van der Waals surface area contributed by atoms with Gasteiger partial charge in [-0.3, -0.25) is 4.79 Å². The Hall–Kier alpha value is -2.61. The fourth-order valence-electron chi connectivity index (χ4n) is 3.06. The van der Waals surface area contributed by atoms with Crippen LogP contribution >= 0.6 is 0 Å². The van der Waals surface area contributed by atoms with Gasteiger partial charge < -0.3 is 5.32 Å². The molecule has 0 aromatic rings. The molecule has 2 heteroatoms. The van der Waals surface area contributed by atoms with Crippen LogP contribution in [0.25, 0.3) is 17.2 Å². The molecule has 102 valence electrons. The summed E-state index contributed by atoms with van der Waals surface area (Å²) in [5.41, 5.74) is 6.42. The molecular weight excluding hydrogens is 258 g/mol. The topological polar surface area (TPSA) is 29.1 Å². The largest absolute Gasteiger partial charge is 0.322 e. The maximum absolute atomic E-state index is 12.2. The van der Waals surface area contributed by atoms with Crippen molar-refractivity contribution in [1.29, 1.82) is 0 Å². The zero-order chi connectivity index (χ0) is 14.2. The standard InChI is InChI=1S/C19H15NO/c21-19-17(16-8-4-5-9-18(16)20-19)12-14-11-10-13-6-2-1-3-7-15(13)14/h1-3,5-7,9-12H,4,8H2,(H,20,21)/b17-12-. The van der Waals surface area contributed by atoms with Crippen molar-refractivity contribution in [2.24, 2.45) is 0 Å². The molecule has 0 aromatic heterocycles. The van der Waals surface area contributed by atoms with E-state index in [0.717, 1.165) is 35.2 Å². The van der Waals surface area contributed by atoms with Crippen molar-refractivity contribution < 1.29 is 4.79 Å². The predicted molar refractivity (Wildman–Crippen MR) is 84.6 cm³/mol. The number of carbonyl (C=O) groups is 1. The molecule has 1 heterocycles. The third-order valence-electron chi connectivity index (χ3n) is 4.11. The van der Waals surface area contributed by atoms with Gasteiger partial charge in [0.25, 0.3) is 5.91 Å². The lowest BCUT2D eigenvalue weighted by Gasteiger charge is -2.07. The van der Waals surface area contributed by atoms with Crippen molar-refractivity contribution in [3.63, 3.8) is 0 Å². The number of nitrogens with one attached hydrogen (secondary N) is 1. The van der Waals surface area contributed by atoms with Crippen LogP contribution < -0.4 is 5.32 Å². The number of hydrogen-bond acceptors (Lipinski definition) is 1. The predicted octanol–water partition coefficient (Wildman–Crippen LogP) is 3.91. The smallest absolute Gasteiger partial charge is 0.256 e. The molecule has 2 nitrogen and oxygen atoms in total. The molecule has 1 N–H and O–H groups in total. The summed E-state index contributed by atoms with van der Waals surface area (Å²) >= 11 is 0. The molecule has 1 amide bonds. The Morgan fingerprint density at radius 3 is 2.90 bits per heavy atom. The second-order valence-electron chi connectivity index (χ2n) is 5.41. The SMILES string of the molecule is O=C1NC2=C(CCC=C2)/C1=C/c1ccc2cccccc1-2. The lowest BCUT2D eigenvalue weighted by Crippen LogP contribution is -2.15. The van der Waals surface area contributed by atoms with Crippen molar-refractivity contribution in [2.75, 3.05) is 0 Å². The van der Waals surface area contributed by atoms with Gasteiger partial charge in [0.15, 0.2) is 0 Å². The van der Waals surface area contributed by atoms with Gasteiger partial charge in [-0.05, 0) is 47.3 Å². The van der Waals surface area contributed by atoms with E-state index in [2.05, 4.69) is 35.7 Å². The van der Waals surface area contributed by atoms with Gasteiger partial charge in [0.1, 0.15) is 0 Å². The summed E-state index contributed by atoms with van der Waals surface area (Å²) in [7, 11) is 0. The fraction of sp³-hybridized carbons (Fsp3) is 0.105. The van der Waals surface area contributed by atoms with E-state index in [1.807, 2.05) is 30.4 Å². The Morgan fingerprint density at radius 2 is 1.95 bits per heavy atom. The summed E-state index contributed by atoms with van der Waals surface area (Å²) in [5.74, 6) is 0.0150. The van der Waals surface area contributed by atoms with Crippen molar-refractivity contribution in [3.05, 3.63) is 77.0 Å². The highest BCUT2D eigenvalue weighted by atomic mass is 16.1. The minimum absolute atomic E-state index is 0.0150. The van der Waals surface area contributed by atoms with Crippen molar-refractivity contribution in [3.8, 4) is 11.1 Å². The van der Waals surface area contributed by atoms with Gasteiger partial charge >= 0.3 is 0 Å². The molecule has 0 spiro atoms. The minimum Gasteiger partial charge on any atom is -0.322 e. The summed E-state index contributed by atoms with van der Waals surface area (Å²) in [4.78, 5) is 12.2. The Kier molecular flexibility index (Phi) is 2.74. The lowest BCUT2D eigenvalue weighted by molar-refractivity contribution is -0.115. The zero-order valence-corrected chi connectivity index (χ0v) is 11.6. The Morgan fingerprint density at radius 1 is 1.05 bits per heavy atom. The van der Waals surface area contributed by atoms with Crippen LogP contribution in [-0.4, -0.2) is 5.91 Å². The first-order chi connectivity index (χ1) is 10.3. The third-order valence-corrected chi connectivity index (χ3v) is 4.11. The third kappa shape index (κ3) is 2.00.